The van der Waals surface area contributed by atoms with E-state index in [2.05, 4.69) is 22.9 Å². The second kappa shape index (κ2) is 7.67. The van der Waals surface area contributed by atoms with E-state index in [4.69, 9.17) is 0 Å². The molecule has 0 bridgehead atoms. The fraction of sp³-hybridized carbons (Fsp3) is 0.923. The van der Waals surface area contributed by atoms with Crippen molar-refractivity contribution in [2.45, 2.75) is 64.6 Å². The van der Waals surface area contributed by atoms with Crippen LogP contribution in [0.1, 0.15) is 46.5 Å². The molecule has 1 rings (SSSR count). The summed E-state index contributed by atoms with van der Waals surface area (Å²) in [6.07, 6.45) is 5.01. The van der Waals surface area contributed by atoms with E-state index in [1.165, 1.54) is 19.3 Å². The normalized spacial score (nSPS) is 22.5. The number of carbonyl (C=O) groups is 1. The van der Waals surface area contributed by atoms with E-state index in [-0.39, 0.29) is 11.9 Å². The van der Waals surface area contributed by atoms with Gasteiger partial charge in [0.1, 0.15) is 0 Å². The van der Waals surface area contributed by atoms with Gasteiger partial charge in [-0.2, -0.15) is 0 Å². The average Bonchev–Trinajstić information content (AvgIpc) is 2.27. The van der Waals surface area contributed by atoms with Crippen molar-refractivity contribution in [3.05, 3.63) is 0 Å². The van der Waals surface area contributed by atoms with Crippen molar-refractivity contribution >= 4 is 5.91 Å². The van der Waals surface area contributed by atoms with E-state index >= 15 is 0 Å². The zero-order chi connectivity index (χ0) is 12.7. The van der Waals surface area contributed by atoms with Crippen LogP contribution in [0.15, 0.2) is 0 Å². The molecule has 2 atom stereocenters. The van der Waals surface area contributed by atoms with Crippen LogP contribution in [0.25, 0.3) is 0 Å². The number of amides is 1. The highest BCUT2D eigenvalue weighted by molar-refractivity contribution is 5.78. The smallest absolute Gasteiger partial charge is 0.234 e. The molecule has 1 fully saturated rings. The molecule has 0 aliphatic carbocycles. The van der Waals surface area contributed by atoms with Crippen LogP contribution in [-0.4, -0.2) is 37.1 Å². The van der Waals surface area contributed by atoms with Crippen molar-refractivity contribution in [2.75, 3.05) is 13.1 Å². The molecule has 0 spiro atoms. The monoisotopic (exact) mass is 241 g/mol. The third kappa shape index (κ3) is 6.64. The summed E-state index contributed by atoms with van der Waals surface area (Å²) < 4.78 is 0. The minimum absolute atomic E-state index is 0.0865. The van der Waals surface area contributed by atoms with Crippen LogP contribution in [0, 0.1) is 0 Å². The average molecular weight is 241 g/mol. The van der Waals surface area contributed by atoms with Gasteiger partial charge in [0.2, 0.25) is 5.91 Å². The van der Waals surface area contributed by atoms with Crippen LogP contribution in [0.5, 0.6) is 0 Å². The molecular weight excluding hydrogens is 214 g/mol. The maximum Gasteiger partial charge on any atom is 0.234 e. The fourth-order valence-corrected chi connectivity index (χ4v) is 2.28. The van der Waals surface area contributed by atoms with Crippen molar-refractivity contribution in [3.8, 4) is 0 Å². The third-order valence-corrected chi connectivity index (χ3v) is 3.11. The highest BCUT2D eigenvalue weighted by atomic mass is 16.1. The van der Waals surface area contributed by atoms with Crippen molar-refractivity contribution < 1.29 is 4.79 Å². The predicted molar refractivity (Wildman–Crippen MR) is 71.0 cm³/mol. The summed E-state index contributed by atoms with van der Waals surface area (Å²) in [5, 5.41) is 9.70. The zero-order valence-electron chi connectivity index (χ0n) is 11.4. The Labute approximate surface area is 105 Å². The first-order valence-corrected chi connectivity index (χ1v) is 6.84. The summed E-state index contributed by atoms with van der Waals surface area (Å²) in [7, 11) is 0. The van der Waals surface area contributed by atoms with Gasteiger partial charge in [-0.15, -0.1) is 0 Å². The molecule has 17 heavy (non-hydrogen) atoms. The Morgan fingerprint density at radius 2 is 2.12 bits per heavy atom. The standard InChI is InChI=1S/C13H27N3O/c1-10(2)16-13(17)9-15-11(3)8-12-6-4-5-7-14-12/h10-12,14-15H,4-9H2,1-3H3,(H,16,17). The molecule has 1 saturated heterocycles. The van der Waals surface area contributed by atoms with Gasteiger partial charge in [-0.1, -0.05) is 6.42 Å². The lowest BCUT2D eigenvalue weighted by Gasteiger charge is -2.26. The Kier molecular flexibility index (Phi) is 6.52. The summed E-state index contributed by atoms with van der Waals surface area (Å²) >= 11 is 0. The van der Waals surface area contributed by atoms with E-state index in [0.717, 1.165) is 13.0 Å². The molecule has 0 saturated carbocycles. The summed E-state index contributed by atoms with van der Waals surface area (Å²) in [4.78, 5) is 11.5. The molecule has 4 heteroatoms. The summed E-state index contributed by atoms with van der Waals surface area (Å²) in [5.74, 6) is 0.0865. The van der Waals surface area contributed by atoms with Gasteiger partial charge in [-0.25, -0.2) is 0 Å². The molecule has 100 valence electrons. The lowest BCUT2D eigenvalue weighted by atomic mass is 9.99. The first kappa shape index (κ1) is 14.5. The molecule has 0 aromatic carbocycles. The minimum Gasteiger partial charge on any atom is -0.353 e. The highest BCUT2D eigenvalue weighted by Gasteiger charge is 2.16. The Hall–Kier alpha value is -0.610. The SMILES string of the molecule is CC(C)NC(=O)CNC(C)CC1CCCCN1. The molecule has 4 nitrogen and oxygen atoms in total. The van der Waals surface area contributed by atoms with Gasteiger partial charge in [0.25, 0.3) is 0 Å². The summed E-state index contributed by atoms with van der Waals surface area (Å²) in [6, 6.07) is 1.24. The Morgan fingerprint density at radius 3 is 2.71 bits per heavy atom. The molecule has 0 radical (unpaired) electrons. The molecule has 1 aliphatic rings. The number of nitrogens with one attached hydrogen (secondary N) is 3. The fourth-order valence-electron chi connectivity index (χ4n) is 2.28. The van der Waals surface area contributed by atoms with Crippen molar-refractivity contribution in [2.24, 2.45) is 0 Å². The van der Waals surface area contributed by atoms with Crippen molar-refractivity contribution in [3.63, 3.8) is 0 Å². The highest BCUT2D eigenvalue weighted by Crippen LogP contribution is 2.11. The predicted octanol–water partition coefficient (Wildman–Crippen LogP) is 1.02. The first-order chi connectivity index (χ1) is 8.08. The molecule has 1 aliphatic heterocycles. The lowest BCUT2D eigenvalue weighted by Crippen LogP contribution is -2.44. The van der Waals surface area contributed by atoms with Gasteiger partial charge in [0.15, 0.2) is 0 Å². The van der Waals surface area contributed by atoms with E-state index < -0.39 is 0 Å². The molecule has 0 aromatic heterocycles. The number of carbonyl (C=O) groups excluding carboxylic acids is 1. The summed E-state index contributed by atoms with van der Waals surface area (Å²) in [5.41, 5.74) is 0. The van der Waals surface area contributed by atoms with Gasteiger partial charge in [-0.05, 0) is 46.6 Å². The largest absolute Gasteiger partial charge is 0.353 e. The van der Waals surface area contributed by atoms with Crippen LogP contribution in [-0.2, 0) is 4.79 Å². The van der Waals surface area contributed by atoms with Crippen molar-refractivity contribution in [1.29, 1.82) is 0 Å². The number of hydrogen-bond donors (Lipinski definition) is 3. The molecular formula is C13H27N3O. The van der Waals surface area contributed by atoms with Gasteiger partial charge in [-0.3, -0.25) is 4.79 Å². The molecule has 3 N–H and O–H groups in total. The second-order valence-electron chi connectivity index (χ2n) is 5.39. The van der Waals surface area contributed by atoms with E-state index in [1.807, 2.05) is 13.8 Å². The van der Waals surface area contributed by atoms with Gasteiger partial charge < -0.3 is 16.0 Å². The number of rotatable bonds is 6. The Bertz CT molecular complexity index is 225. The quantitative estimate of drug-likeness (QED) is 0.651. The maximum absolute atomic E-state index is 11.5. The molecule has 0 aromatic rings. The second-order valence-corrected chi connectivity index (χ2v) is 5.39. The van der Waals surface area contributed by atoms with Crippen LogP contribution < -0.4 is 16.0 Å². The Morgan fingerprint density at radius 1 is 1.35 bits per heavy atom. The topological polar surface area (TPSA) is 53.2 Å². The van der Waals surface area contributed by atoms with E-state index in [1.54, 1.807) is 0 Å². The number of piperidine rings is 1. The molecule has 1 amide bonds. The minimum atomic E-state index is 0.0865. The van der Waals surface area contributed by atoms with Gasteiger partial charge in [0.05, 0.1) is 6.54 Å². The van der Waals surface area contributed by atoms with Gasteiger partial charge in [0, 0.05) is 18.1 Å². The maximum atomic E-state index is 11.5. The molecule has 2 unspecified atom stereocenters. The lowest BCUT2D eigenvalue weighted by molar-refractivity contribution is -0.120. The first-order valence-electron chi connectivity index (χ1n) is 6.84. The van der Waals surface area contributed by atoms with Crippen molar-refractivity contribution in [1.82, 2.24) is 16.0 Å². The molecule has 1 heterocycles. The van der Waals surface area contributed by atoms with Crippen LogP contribution in [0.2, 0.25) is 0 Å². The van der Waals surface area contributed by atoms with Crippen LogP contribution in [0.4, 0.5) is 0 Å². The summed E-state index contributed by atoms with van der Waals surface area (Å²) in [6.45, 7) is 7.68. The van der Waals surface area contributed by atoms with Gasteiger partial charge >= 0.3 is 0 Å². The number of hydrogen-bond acceptors (Lipinski definition) is 3. The van der Waals surface area contributed by atoms with E-state index in [9.17, 15) is 4.79 Å². The zero-order valence-corrected chi connectivity index (χ0v) is 11.4. The third-order valence-electron chi connectivity index (χ3n) is 3.11. The van der Waals surface area contributed by atoms with Crippen LogP contribution in [0.3, 0.4) is 0 Å². The van der Waals surface area contributed by atoms with E-state index in [0.29, 0.717) is 18.6 Å². The Balaban J connectivity index is 2.11. The van der Waals surface area contributed by atoms with Crippen LogP contribution >= 0.6 is 0 Å².